The van der Waals surface area contributed by atoms with Crippen molar-refractivity contribution in [2.45, 2.75) is 53.3 Å². The molecule has 1 aliphatic carbocycles. The van der Waals surface area contributed by atoms with Crippen molar-refractivity contribution in [1.82, 2.24) is 0 Å². The Balaban J connectivity index is 0. The standard InChI is InChI=1S/C18H25Si.3ClH.Ti/c1-13-10-16(11-14(2)15(13)3)12-17-8-7-9-18(17)19(4,5)6;;;;/h9-11H,7,12H2,1-6H3;3*1H;/q;;;;+3/p-3. The van der Waals surface area contributed by atoms with E-state index in [0.29, 0.717) is 0 Å². The summed E-state index contributed by atoms with van der Waals surface area (Å²) in [5, 5.41) is 1.69. The van der Waals surface area contributed by atoms with Crippen molar-refractivity contribution in [3.63, 3.8) is 0 Å². The van der Waals surface area contributed by atoms with Crippen molar-refractivity contribution in [1.29, 1.82) is 0 Å². The Morgan fingerprint density at radius 1 is 0.957 bits per heavy atom. The fourth-order valence-electron chi connectivity index (χ4n) is 3.01. The van der Waals surface area contributed by atoms with E-state index in [9.17, 15) is 0 Å². The Morgan fingerprint density at radius 3 is 1.87 bits per heavy atom. The van der Waals surface area contributed by atoms with E-state index in [1.54, 1.807) is 14.6 Å². The number of hydrogen-bond acceptors (Lipinski definition) is 0. The zero-order chi connectivity index (χ0) is 15.1. The monoisotopic (exact) mass is 422 g/mol. The van der Waals surface area contributed by atoms with Crippen molar-refractivity contribution in [2.24, 2.45) is 0 Å². The molecular formula is C18H25Cl3SiTi. The third-order valence-corrected chi connectivity index (χ3v) is 7.29. The van der Waals surface area contributed by atoms with Crippen molar-refractivity contribution < 1.29 is 57.7 Å². The molecule has 0 unspecified atom stereocenters. The maximum Gasteiger partial charge on any atom is -1.00 e. The van der Waals surface area contributed by atoms with Gasteiger partial charge >= 0.3 is 137 Å². The van der Waals surface area contributed by atoms with Gasteiger partial charge in [-0.2, -0.15) is 0 Å². The Hall–Kier alpha value is 0.501. The van der Waals surface area contributed by atoms with Crippen LogP contribution in [0.3, 0.4) is 0 Å². The van der Waals surface area contributed by atoms with Gasteiger partial charge in [0.1, 0.15) is 0 Å². The second kappa shape index (κ2) is 9.85. The van der Waals surface area contributed by atoms with Gasteiger partial charge < -0.3 is 37.2 Å². The molecule has 0 aliphatic heterocycles. The van der Waals surface area contributed by atoms with Crippen molar-refractivity contribution in [2.75, 3.05) is 0 Å². The molecular weight excluding hydrogens is 399 g/mol. The molecule has 0 heterocycles. The van der Waals surface area contributed by atoms with E-state index < -0.39 is 8.07 Å². The minimum Gasteiger partial charge on any atom is -1.00 e. The summed E-state index contributed by atoms with van der Waals surface area (Å²) in [6.07, 6.45) is 4.77. The van der Waals surface area contributed by atoms with Gasteiger partial charge in [-0.1, -0.05) is 0 Å². The summed E-state index contributed by atoms with van der Waals surface area (Å²) in [7, 11) is -1.22. The van der Waals surface area contributed by atoms with Crippen LogP contribution >= 0.6 is 0 Å². The predicted molar refractivity (Wildman–Crippen MR) is 87.4 cm³/mol. The van der Waals surface area contributed by atoms with Crippen LogP contribution in [0.4, 0.5) is 0 Å². The topological polar surface area (TPSA) is 0 Å². The van der Waals surface area contributed by atoms with Crippen LogP contribution < -0.4 is 37.2 Å². The zero-order valence-corrected chi connectivity index (χ0v) is 19.6. The molecule has 5 heteroatoms. The van der Waals surface area contributed by atoms with Crippen LogP contribution in [-0.2, 0) is 26.9 Å². The molecule has 0 atom stereocenters. The fourth-order valence-corrected chi connectivity index (χ4v) is 5.57. The van der Waals surface area contributed by atoms with Crippen molar-refractivity contribution in [3.8, 4) is 0 Å². The van der Waals surface area contributed by atoms with Crippen LogP contribution in [0, 0.1) is 20.8 Å². The van der Waals surface area contributed by atoms with Crippen LogP contribution in [-0.4, -0.2) is 8.07 Å². The SMILES string of the molecule is Cc1cc(CC2=[C]([Ti+3])CC=C2[Si](C)(C)C)cc(C)c1C.[Cl-].[Cl-].[Cl-]. The smallest absolute Gasteiger partial charge is 1.00 e. The molecule has 0 nitrogen and oxygen atoms in total. The molecule has 0 saturated heterocycles. The Morgan fingerprint density at radius 2 is 1.43 bits per heavy atom. The number of aryl methyl sites for hydroxylation is 2. The quantitative estimate of drug-likeness (QED) is 0.437. The molecule has 1 aromatic rings. The van der Waals surface area contributed by atoms with E-state index in [-0.39, 0.29) is 37.2 Å². The molecule has 0 radical (unpaired) electrons. The molecule has 0 spiro atoms. The summed E-state index contributed by atoms with van der Waals surface area (Å²) in [5.74, 6) is 0. The molecule has 0 amide bonds. The van der Waals surface area contributed by atoms with Gasteiger partial charge in [0.05, 0.1) is 0 Å². The zero-order valence-electron chi connectivity index (χ0n) is 14.8. The largest absolute Gasteiger partial charge is 1.00 e. The van der Waals surface area contributed by atoms with Crippen LogP contribution in [0.2, 0.25) is 19.6 Å². The summed E-state index contributed by atoms with van der Waals surface area (Å²) in [6.45, 7) is 14.1. The molecule has 1 aromatic carbocycles. The average molecular weight is 424 g/mol. The normalized spacial score (nSPS) is 13.8. The third-order valence-electron chi connectivity index (χ3n) is 4.38. The van der Waals surface area contributed by atoms with E-state index in [2.05, 4.69) is 79.1 Å². The summed E-state index contributed by atoms with van der Waals surface area (Å²) in [5.41, 5.74) is 7.40. The van der Waals surface area contributed by atoms with Crippen LogP contribution in [0.1, 0.15) is 28.7 Å². The van der Waals surface area contributed by atoms with Gasteiger partial charge in [0, 0.05) is 0 Å². The molecule has 126 valence electrons. The van der Waals surface area contributed by atoms with Crippen molar-refractivity contribution in [3.05, 3.63) is 55.1 Å². The van der Waals surface area contributed by atoms with Gasteiger partial charge in [-0.25, -0.2) is 0 Å². The molecule has 0 aromatic heterocycles. The fraction of sp³-hybridized carbons (Fsp3) is 0.444. The number of halogens is 3. The summed E-state index contributed by atoms with van der Waals surface area (Å²) < 4.78 is 1.58. The van der Waals surface area contributed by atoms with Crippen LogP contribution in [0.5, 0.6) is 0 Å². The van der Waals surface area contributed by atoms with Crippen LogP contribution in [0.25, 0.3) is 0 Å². The van der Waals surface area contributed by atoms with Gasteiger partial charge in [0.25, 0.3) is 0 Å². The molecule has 0 N–H and O–H groups in total. The van der Waals surface area contributed by atoms with E-state index in [0.717, 1.165) is 6.42 Å². The minimum atomic E-state index is -1.22. The minimum absolute atomic E-state index is 0. The van der Waals surface area contributed by atoms with Gasteiger partial charge in [0.15, 0.2) is 0 Å². The Labute approximate surface area is 173 Å². The first-order valence-electron chi connectivity index (χ1n) is 7.41. The molecule has 0 saturated carbocycles. The summed E-state index contributed by atoms with van der Waals surface area (Å²) in [6, 6.07) is 4.76. The Bertz CT molecular complexity index is 590. The van der Waals surface area contributed by atoms with Gasteiger partial charge in [-0.05, 0) is 0 Å². The first kappa shape index (κ1) is 25.7. The maximum absolute atomic E-state index is 2.49. The second-order valence-electron chi connectivity index (χ2n) is 7.06. The predicted octanol–water partition coefficient (Wildman–Crippen LogP) is -3.83. The third kappa shape index (κ3) is 6.06. The first-order chi connectivity index (χ1) is 9.20. The number of rotatable bonds is 3. The number of allylic oxidation sites excluding steroid dienone is 4. The Kier molecular flexibility index (Phi) is 11.0. The number of benzene rings is 1. The number of hydrogen-bond donors (Lipinski definition) is 0. The average Bonchev–Trinajstić information content (AvgIpc) is 2.67. The summed E-state index contributed by atoms with van der Waals surface area (Å²) in [4.78, 5) is 0. The van der Waals surface area contributed by atoms with Crippen LogP contribution in [0.15, 0.2) is 32.9 Å². The molecule has 2 rings (SSSR count). The van der Waals surface area contributed by atoms with Crippen molar-refractivity contribution >= 4 is 8.07 Å². The molecule has 0 bridgehead atoms. The van der Waals surface area contributed by atoms with Gasteiger partial charge in [-0.3, -0.25) is 0 Å². The maximum atomic E-state index is 2.49. The molecule has 23 heavy (non-hydrogen) atoms. The summed E-state index contributed by atoms with van der Waals surface area (Å²) >= 11 is 2.31. The van der Waals surface area contributed by atoms with E-state index >= 15 is 0 Å². The van der Waals surface area contributed by atoms with Gasteiger partial charge in [-0.15, -0.1) is 0 Å². The van der Waals surface area contributed by atoms with Gasteiger partial charge in [0.2, 0.25) is 0 Å². The first-order valence-corrected chi connectivity index (χ1v) is 11.7. The molecule has 0 fully saturated rings. The van der Waals surface area contributed by atoms with E-state index in [1.165, 1.54) is 28.7 Å². The van der Waals surface area contributed by atoms with E-state index in [4.69, 9.17) is 0 Å². The van der Waals surface area contributed by atoms with E-state index in [1.807, 2.05) is 0 Å². The second-order valence-corrected chi connectivity index (χ2v) is 13.0. The molecule has 1 aliphatic rings.